The van der Waals surface area contributed by atoms with Gasteiger partial charge in [-0.1, -0.05) is 36.4 Å². The summed E-state index contributed by atoms with van der Waals surface area (Å²) < 4.78 is 5.98. The monoisotopic (exact) mass is 273 g/mol. The number of nitrogens with zero attached hydrogens (tertiary/aromatic N) is 1. The van der Waals surface area contributed by atoms with Crippen molar-refractivity contribution in [1.82, 2.24) is 4.90 Å². The second-order valence-electron chi connectivity index (χ2n) is 5.39. The molecule has 0 aromatic heterocycles. The van der Waals surface area contributed by atoms with Gasteiger partial charge in [-0.25, -0.2) is 0 Å². The lowest BCUT2D eigenvalue weighted by atomic mass is 10.0. The summed E-state index contributed by atoms with van der Waals surface area (Å²) in [4.78, 5) is 2.14. The molecule has 0 spiro atoms. The second-order valence-corrected chi connectivity index (χ2v) is 5.39. The van der Waals surface area contributed by atoms with Crippen LogP contribution < -0.4 is 4.74 Å². The van der Waals surface area contributed by atoms with E-state index in [1.807, 2.05) is 30.3 Å². The van der Waals surface area contributed by atoms with Crippen molar-refractivity contribution < 1.29 is 9.84 Å². The van der Waals surface area contributed by atoms with E-state index >= 15 is 0 Å². The van der Waals surface area contributed by atoms with Gasteiger partial charge < -0.3 is 14.7 Å². The lowest BCUT2D eigenvalue weighted by molar-refractivity contribution is 0.190. The van der Waals surface area contributed by atoms with Gasteiger partial charge in [-0.05, 0) is 32.8 Å². The third kappa shape index (κ3) is 3.50. The first-order chi connectivity index (χ1) is 9.59. The highest BCUT2D eigenvalue weighted by Gasteiger charge is 2.12. The second kappa shape index (κ2) is 6.73. The van der Waals surface area contributed by atoms with E-state index in [0.717, 1.165) is 35.1 Å². The average Bonchev–Trinajstić information content (AvgIpc) is 2.42. The highest BCUT2D eigenvalue weighted by Crippen LogP contribution is 2.33. The van der Waals surface area contributed by atoms with Crippen molar-refractivity contribution in [3.05, 3.63) is 42.0 Å². The molecule has 0 amide bonds. The molecule has 0 aliphatic carbocycles. The van der Waals surface area contributed by atoms with Gasteiger partial charge in [-0.2, -0.15) is 0 Å². The molecular formula is C17H23NO2. The van der Waals surface area contributed by atoms with Crippen molar-refractivity contribution >= 4 is 10.8 Å². The van der Waals surface area contributed by atoms with Crippen LogP contribution >= 0.6 is 0 Å². The molecule has 108 valence electrons. The molecule has 0 heterocycles. The van der Waals surface area contributed by atoms with Crippen LogP contribution in [-0.4, -0.2) is 37.3 Å². The Balaban J connectivity index is 2.25. The van der Waals surface area contributed by atoms with E-state index < -0.39 is 6.10 Å². The average molecular weight is 273 g/mol. The molecule has 0 saturated heterocycles. The molecule has 0 bridgehead atoms. The first-order valence-electron chi connectivity index (χ1n) is 7.07. The van der Waals surface area contributed by atoms with Crippen LogP contribution in [0.25, 0.3) is 10.8 Å². The van der Waals surface area contributed by atoms with Gasteiger partial charge in [0.1, 0.15) is 5.75 Å². The van der Waals surface area contributed by atoms with Crippen LogP contribution in [0.1, 0.15) is 25.0 Å². The van der Waals surface area contributed by atoms with E-state index in [-0.39, 0.29) is 0 Å². The fourth-order valence-corrected chi connectivity index (χ4v) is 2.30. The molecule has 1 N–H and O–H groups in total. The van der Waals surface area contributed by atoms with Crippen LogP contribution in [0.3, 0.4) is 0 Å². The summed E-state index contributed by atoms with van der Waals surface area (Å²) >= 11 is 0. The number of hydrogen-bond donors (Lipinski definition) is 1. The minimum absolute atomic E-state index is 0.525. The summed E-state index contributed by atoms with van der Waals surface area (Å²) in [5.74, 6) is 0.817. The number of benzene rings is 2. The zero-order valence-corrected chi connectivity index (χ0v) is 12.5. The first-order valence-corrected chi connectivity index (χ1v) is 7.07. The Labute approximate surface area is 120 Å². The van der Waals surface area contributed by atoms with Crippen molar-refractivity contribution in [2.75, 3.05) is 27.2 Å². The molecule has 0 saturated carbocycles. The molecule has 2 rings (SSSR count). The zero-order valence-electron chi connectivity index (χ0n) is 12.5. The number of hydrogen-bond acceptors (Lipinski definition) is 3. The standard InChI is InChI=1S/C17H23NO2/c1-13(19)15-10-9-14-7-4-5-8-16(14)17(15)20-12-6-11-18(2)3/h4-5,7-10,13,19H,6,11-12H2,1-3H3/t13-/m1/s1. The smallest absolute Gasteiger partial charge is 0.132 e. The van der Waals surface area contributed by atoms with Crippen molar-refractivity contribution in [3.63, 3.8) is 0 Å². The Hall–Kier alpha value is -1.58. The van der Waals surface area contributed by atoms with Gasteiger partial charge >= 0.3 is 0 Å². The predicted molar refractivity (Wildman–Crippen MR) is 83.2 cm³/mol. The Bertz CT molecular complexity index is 564. The topological polar surface area (TPSA) is 32.7 Å². The van der Waals surface area contributed by atoms with Crippen molar-refractivity contribution in [1.29, 1.82) is 0 Å². The quantitative estimate of drug-likeness (QED) is 0.820. The Morgan fingerprint density at radius 1 is 1.15 bits per heavy atom. The highest BCUT2D eigenvalue weighted by atomic mass is 16.5. The third-order valence-corrected chi connectivity index (χ3v) is 3.36. The number of ether oxygens (including phenoxy) is 1. The number of aliphatic hydroxyl groups excluding tert-OH is 1. The number of rotatable bonds is 6. The van der Waals surface area contributed by atoms with Gasteiger partial charge in [0.05, 0.1) is 12.7 Å². The molecule has 0 aliphatic heterocycles. The maximum Gasteiger partial charge on any atom is 0.132 e. The maximum atomic E-state index is 9.92. The van der Waals surface area contributed by atoms with E-state index in [9.17, 15) is 5.11 Å². The molecule has 1 atom stereocenters. The Morgan fingerprint density at radius 2 is 1.90 bits per heavy atom. The molecule has 2 aromatic rings. The molecule has 20 heavy (non-hydrogen) atoms. The van der Waals surface area contributed by atoms with Gasteiger partial charge in [-0.3, -0.25) is 0 Å². The highest BCUT2D eigenvalue weighted by molar-refractivity contribution is 5.89. The summed E-state index contributed by atoms with van der Waals surface area (Å²) in [6.07, 6.45) is 0.443. The summed E-state index contributed by atoms with van der Waals surface area (Å²) in [5, 5.41) is 12.1. The van der Waals surface area contributed by atoms with Gasteiger partial charge in [0.2, 0.25) is 0 Å². The van der Waals surface area contributed by atoms with Gasteiger partial charge in [0, 0.05) is 17.5 Å². The maximum absolute atomic E-state index is 9.92. The lowest BCUT2D eigenvalue weighted by Crippen LogP contribution is -2.16. The summed E-state index contributed by atoms with van der Waals surface area (Å²) in [5.41, 5.74) is 0.855. The van der Waals surface area contributed by atoms with Gasteiger partial charge in [-0.15, -0.1) is 0 Å². The Morgan fingerprint density at radius 3 is 2.60 bits per heavy atom. The van der Waals surface area contributed by atoms with E-state index in [1.54, 1.807) is 6.92 Å². The molecule has 3 nitrogen and oxygen atoms in total. The van der Waals surface area contributed by atoms with Gasteiger partial charge in [0.15, 0.2) is 0 Å². The van der Waals surface area contributed by atoms with E-state index in [0.29, 0.717) is 6.61 Å². The number of fused-ring (bicyclic) bond motifs is 1. The van der Waals surface area contributed by atoms with Crippen LogP contribution in [0.5, 0.6) is 5.75 Å². The fraction of sp³-hybridized carbons (Fsp3) is 0.412. The van der Waals surface area contributed by atoms with Crippen LogP contribution in [0.2, 0.25) is 0 Å². The van der Waals surface area contributed by atoms with E-state index in [4.69, 9.17) is 4.74 Å². The van der Waals surface area contributed by atoms with Gasteiger partial charge in [0.25, 0.3) is 0 Å². The van der Waals surface area contributed by atoms with E-state index in [2.05, 4.69) is 25.1 Å². The molecular weight excluding hydrogens is 250 g/mol. The molecule has 0 fully saturated rings. The first kappa shape index (κ1) is 14.8. The molecule has 0 radical (unpaired) electrons. The summed E-state index contributed by atoms with van der Waals surface area (Å²) in [6.45, 7) is 3.43. The largest absolute Gasteiger partial charge is 0.493 e. The van der Waals surface area contributed by atoms with Crippen LogP contribution in [0.4, 0.5) is 0 Å². The van der Waals surface area contributed by atoms with Crippen LogP contribution in [0.15, 0.2) is 36.4 Å². The number of aliphatic hydroxyl groups is 1. The zero-order chi connectivity index (χ0) is 14.5. The Kier molecular flexibility index (Phi) is 4.99. The van der Waals surface area contributed by atoms with Crippen LogP contribution in [0, 0.1) is 0 Å². The summed E-state index contributed by atoms with van der Waals surface area (Å²) in [7, 11) is 4.11. The minimum atomic E-state index is -0.525. The normalized spacial score (nSPS) is 12.8. The van der Waals surface area contributed by atoms with Crippen molar-refractivity contribution in [2.45, 2.75) is 19.4 Å². The predicted octanol–water partition coefficient (Wildman–Crippen LogP) is 3.22. The summed E-state index contributed by atoms with van der Waals surface area (Å²) in [6, 6.07) is 12.1. The lowest BCUT2D eigenvalue weighted by Gasteiger charge is -2.17. The SMILES string of the molecule is C[C@@H](O)c1ccc2ccccc2c1OCCCN(C)C. The van der Waals surface area contributed by atoms with Crippen molar-refractivity contribution in [3.8, 4) is 5.75 Å². The van der Waals surface area contributed by atoms with E-state index in [1.165, 1.54) is 0 Å². The van der Waals surface area contributed by atoms with Crippen molar-refractivity contribution in [2.24, 2.45) is 0 Å². The molecule has 0 aliphatic rings. The third-order valence-electron chi connectivity index (χ3n) is 3.36. The van der Waals surface area contributed by atoms with Crippen LogP contribution in [-0.2, 0) is 0 Å². The molecule has 2 aromatic carbocycles. The minimum Gasteiger partial charge on any atom is -0.493 e. The fourth-order valence-electron chi connectivity index (χ4n) is 2.30. The molecule has 0 unspecified atom stereocenters. The molecule has 3 heteroatoms.